The van der Waals surface area contributed by atoms with E-state index in [9.17, 15) is 4.79 Å². The van der Waals surface area contributed by atoms with Gasteiger partial charge in [0.05, 0.1) is 17.7 Å². The molecule has 0 spiro atoms. The van der Waals surface area contributed by atoms with Crippen molar-refractivity contribution in [1.82, 2.24) is 10.3 Å². The lowest BCUT2D eigenvalue weighted by Gasteiger charge is -2.19. The maximum Gasteiger partial charge on any atom is 0.228 e. The van der Waals surface area contributed by atoms with Crippen LogP contribution in [0.5, 0.6) is 0 Å². The van der Waals surface area contributed by atoms with E-state index in [-0.39, 0.29) is 18.4 Å². The first-order valence-electron chi connectivity index (χ1n) is 10.4. The van der Waals surface area contributed by atoms with Crippen LogP contribution in [0.3, 0.4) is 0 Å². The van der Waals surface area contributed by atoms with Crippen LogP contribution in [0.2, 0.25) is 0 Å². The van der Waals surface area contributed by atoms with Crippen LogP contribution in [-0.4, -0.2) is 31.5 Å². The van der Waals surface area contributed by atoms with E-state index >= 15 is 0 Å². The minimum atomic E-state index is -0.280. The van der Waals surface area contributed by atoms with Crippen LogP contribution in [0, 0.1) is 17.2 Å². The predicted molar refractivity (Wildman–Crippen MR) is 128 cm³/mol. The molecule has 31 heavy (non-hydrogen) atoms. The molecular formula is C25H28N4OS. The molecule has 6 heteroatoms. The van der Waals surface area contributed by atoms with E-state index in [4.69, 9.17) is 10.2 Å². The number of nitriles is 1. The lowest BCUT2D eigenvalue weighted by molar-refractivity contribution is -0.122. The van der Waals surface area contributed by atoms with E-state index in [2.05, 4.69) is 54.9 Å². The molecule has 1 N–H and O–H groups in total. The number of hydrogen-bond acceptors (Lipinski definition) is 5. The fraction of sp³-hybridized carbons (Fsp3) is 0.320. The Labute approximate surface area is 188 Å². The van der Waals surface area contributed by atoms with Gasteiger partial charge in [0.1, 0.15) is 6.54 Å². The Morgan fingerprint density at radius 3 is 2.45 bits per heavy atom. The van der Waals surface area contributed by atoms with Gasteiger partial charge in [0.2, 0.25) is 5.91 Å². The van der Waals surface area contributed by atoms with Crippen molar-refractivity contribution in [3.63, 3.8) is 0 Å². The molecule has 1 unspecified atom stereocenters. The Hall–Kier alpha value is -3.17. The number of anilines is 1. The number of benzene rings is 2. The van der Waals surface area contributed by atoms with Gasteiger partial charge in [-0.3, -0.25) is 4.79 Å². The highest BCUT2D eigenvalue weighted by atomic mass is 32.1. The summed E-state index contributed by atoms with van der Waals surface area (Å²) >= 11 is 1.62. The fourth-order valence-electron chi connectivity index (χ4n) is 3.51. The highest BCUT2D eigenvalue weighted by molar-refractivity contribution is 7.14. The first-order valence-corrected chi connectivity index (χ1v) is 11.2. The third-order valence-corrected chi connectivity index (χ3v) is 6.03. The fourth-order valence-corrected chi connectivity index (χ4v) is 4.28. The Bertz CT molecular complexity index is 1080. The highest BCUT2D eigenvalue weighted by Crippen LogP contribution is 2.32. The maximum absolute atomic E-state index is 12.7. The summed E-state index contributed by atoms with van der Waals surface area (Å²) in [6, 6.07) is 18.5. The van der Waals surface area contributed by atoms with Gasteiger partial charge in [0, 0.05) is 25.0 Å². The molecule has 0 saturated carbocycles. The van der Waals surface area contributed by atoms with Crippen molar-refractivity contribution in [2.75, 3.05) is 25.5 Å². The van der Waals surface area contributed by atoms with Crippen LogP contribution in [0.1, 0.15) is 31.7 Å². The summed E-state index contributed by atoms with van der Waals surface area (Å²) in [5.74, 6) is -0.0158. The molecular weight excluding hydrogens is 404 g/mol. The highest BCUT2D eigenvalue weighted by Gasteiger charge is 2.22. The van der Waals surface area contributed by atoms with E-state index in [0.717, 1.165) is 39.5 Å². The van der Waals surface area contributed by atoms with Crippen LogP contribution in [0.25, 0.3) is 22.4 Å². The minimum absolute atomic E-state index is 0.0255. The number of aromatic nitrogens is 1. The van der Waals surface area contributed by atoms with Gasteiger partial charge < -0.3 is 10.2 Å². The number of nitrogens with zero attached hydrogens (tertiary/aromatic N) is 3. The van der Waals surface area contributed by atoms with Gasteiger partial charge in [-0.05, 0) is 35.1 Å². The van der Waals surface area contributed by atoms with Crippen molar-refractivity contribution in [3.8, 4) is 28.5 Å². The van der Waals surface area contributed by atoms with Crippen molar-refractivity contribution < 1.29 is 4.79 Å². The second kappa shape index (κ2) is 10.2. The average Bonchev–Trinajstić information content (AvgIpc) is 3.27. The molecule has 3 aromatic rings. The lowest BCUT2D eigenvalue weighted by atomic mass is 9.87. The first-order chi connectivity index (χ1) is 14.9. The SMILES string of the molecule is CC(C)CC(C(=O)NCC#N)c1cccc(-c2cccc(-c3csc(N(C)C)n3)c2)c1. The van der Waals surface area contributed by atoms with E-state index in [1.807, 2.05) is 43.3 Å². The molecule has 3 rings (SSSR count). The number of nitrogens with one attached hydrogen (secondary N) is 1. The van der Waals surface area contributed by atoms with Gasteiger partial charge in [-0.25, -0.2) is 4.98 Å². The van der Waals surface area contributed by atoms with Gasteiger partial charge >= 0.3 is 0 Å². The van der Waals surface area contributed by atoms with Gasteiger partial charge in [-0.2, -0.15) is 5.26 Å². The van der Waals surface area contributed by atoms with Gasteiger partial charge in [0.25, 0.3) is 0 Å². The van der Waals surface area contributed by atoms with E-state index < -0.39 is 0 Å². The quantitative estimate of drug-likeness (QED) is 0.490. The van der Waals surface area contributed by atoms with Crippen molar-refractivity contribution in [1.29, 1.82) is 5.26 Å². The summed E-state index contributed by atoms with van der Waals surface area (Å²) in [6.45, 7) is 4.24. The second-order valence-electron chi connectivity index (χ2n) is 8.17. The van der Waals surface area contributed by atoms with Crippen LogP contribution in [0.4, 0.5) is 5.13 Å². The van der Waals surface area contributed by atoms with Gasteiger partial charge in [-0.15, -0.1) is 11.3 Å². The van der Waals surface area contributed by atoms with Crippen LogP contribution in [0.15, 0.2) is 53.9 Å². The molecule has 1 atom stereocenters. The third-order valence-electron chi connectivity index (χ3n) is 5.02. The van der Waals surface area contributed by atoms with Crippen LogP contribution >= 0.6 is 11.3 Å². The summed E-state index contributed by atoms with van der Waals surface area (Å²) in [5, 5.41) is 14.6. The average molecular weight is 433 g/mol. The van der Waals surface area contributed by atoms with Crippen molar-refractivity contribution >= 4 is 22.4 Å². The topological polar surface area (TPSA) is 69.0 Å². The normalized spacial score (nSPS) is 11.7. The summed E-state index contributed by atoms with van der Waals surface area (Å²) in [7, 11) is 3.98. The van der Waals surface area contributed by atoms with Gasteiger partial charge in [-0.1, -0.05) is 56.3 Å². The smallest absolute Gasteiger partial charge is 0.228 e. The Balaban J connectivity index is 1.92. The molecule has 1 aromatic heterocycles. The molecule has 0 aliphatic heterocycles. The van der Waals surface area contributed by atoms with Crippen LogP contribution in [-0.2, 0) is 4.79 Å². The molecule has 0 saturated heterocycles. The molecule has 160 valence electrons. The third kappa shape index (κ3) is 5.71. The zero-order valence-corrected chi connectivity index (χ0v) is 19.2. The Morgan fingerprint density at radius 2 is 1.81 bits per heavy atom. The summed E-state index contributed by atoms with van der Waals surface area (Å²) in [5.41, 5.74) is 5.14. The predicted octanol–water partition coefficient (Wildman–Crippen LogP) is 5.31. The number of carbonyl (C=O) groups is 1. The van der Waals surface area contributed by atoms with E-state index in [1.54, 1.807) is 11.3 Å². The number of thiazole rings is 1. The molecule has 5 nitrogen and oxygen atoms in total. The maximum atomic E-state index is 12.7. The molecule has 0 bridgehead atoms. The Kier molecular flexibility index (Phi) is 7.43. The van der Waals surface area contributed by atoms with Gasteiger partial charge in [0.15, 0.2) is 5.13 Å². The lowest BCUT2D eigenvalue weighted by Crippen LogP contribution is -2.30. The zero-order chi connectivity index (χ0) is 22.4. The molecule has 0 aliphatic carbocycles. The Morgan fingerprint density at radius 1 is 1.13 bits per heavy atom. The second-order valence-corrected chi connectivity index (χ2v) is 9.01. The van der Waals surface area contributed by atoms with Crippen LogP contribution < -0.4 is 10.2 Å². The molecule has 1 amide bonds. The number of amides is 1. The number of carbonyl (C=O) groups excluding carboxylic acids is 1. The van der Waals surface area contributed by atoms with Crippen molar-refractivity contribution in [2.24, 2.45) is 5.92 Å². The molecule has 0 fully saturated rings. The van der Waals surface area contributed by atoms with E-state index in [0.29, 0.717) is 5.92 Å². The number of hydrogen-bond donors (Lipinski definition) is 1. The summed E-state index contributed by atoms with van der Waals surface area (Å²) < 4.78 is 0. The first kappa shape index (κ1) is 22.5. The standard InChI is InChI=1S/C25H28N4OS/c1-17(2)13-22(24(30)27-12-11-26)20-9-5-7-18(14-20)19-8-6-10-21(15-19)23-16-31-25(28-23)29(3)4/h5-10,14-17,22H,12-13H2,1-4H3,(H,27,30). The minimum Gasteiger partial charge on any atom is -0.354 e. The zero-order valence-electron chi connectivity index (χ0n) is 18.4. The molecule has 1 heterocycles. The summed E-state index contributed by atoms with van der Waals surface area (Å²) in [4.78, 5) is 19.4. The largest absolute Gasteiger partial charge is 0.354 e. The van der Waals surface area contributed by atoms with E-state index in [1.165, 1.54) is 0 Å². The molecule has 0 aliphatic rings. The summed E-state index contributed by atoms with van der Waals surface area (Å²) in [6.07, 6.45) is 0.729. The number of rotatable bonds is 8. The molecule has 2 aromatic carbocycles. The van der Waals surface area contributed by atoms with Crippen molar-refractivity contribution in [2.45, 2.75) is 26.2 Å². The van der Waals surface area contributed by atoms with Crippen molar-refractivity contribution in [3.05, 3.63) is 59.5 Å². The molecule has 0 radical (unpaired) electrons. The monoisotopic (exact) mass is 432 g/mol.